The molecule has 0 aliphatic carbocycles. The minimum absolute atomic E-state index is 0.0317. The smallest absolute Gasteiger partial charge is 0.321 e. The Morgan fingerprint density at radius 2 is 1.97 bits per heavy atom. The number of hydrogen-bond acceptors (Lipinski definition) is 4. The van der Waals surface area contributed by atoms with Crippen molar-refractivity contribution < 1.29 is 14.0 Å². The second-order valence-corrected chi connectivity index (χ2v) is 10.5. The molecule has 2 aliphatic rings. The predicted octanol–water partition coefficient (Wildman–Crippen LogP) is 4.52. The topological polar surface area (TPSA) is 73.5 Å². The molecular formula is C23H25Cl2FN4O2S. The van der Waals surface area contributed by atoms with Crippen LogP contribution in [0.5, 0.6) is 0 Å². The van der Waals surface area contributed by atoms with Gasteiger partial charge in [0, 0.05) is 41.1 Å². The van der Waals surface area contributed by atoms with Gasteiger partial charge < -0.3 is 15.5 Å². The molecule has 3 N–H and O–H groups in total. The lowest BCUT2D eigenvalue weighted by molar-refractivity contribution is -0.122. The van der Waals surface area contributed by atoms with Crippen LogP contribution in [0.2, 0.25) is 10.0 Å². The van der Waals surface area contributed by atoms with Gasteiger partial charge in [0.25, 0.3) is 0 Å². The highest BCUT2D eigenvalue weighted by Crippen LogP contribution is 2.39. The molecule has 0 aromatic heterocycles. The molecule has 2 aliphatic heterocycles. The Morgan fingerprint density at radius 1 is 1.18 bits per heavy atom. The Kier molecular flexibility index (Phi) is 7.69. The average molecular weight is 511 g/mol. The summed E-state index contributed by atoms with van der Waals surface area (Å²) in [4.78, 5) is 26.7. The molecule has 0 saturated carbocycles. The number of rotatable bonds is 5. The lowest BCUT2D eigenvalue weighted by Gasteiger charge is -2.39. The van der Waals surface area contributed by atoms with Crippen LogP contribution in [0.3, 0.4) is 0 Å². The van der Waals surface area contributed by atoms with Gasteiger partial charge in [0.1, 0.15) is 5.82 Å². The summed E-state index contributed by atoms with van der Waals surface area (Å²) >= 11 is 13.9. The highest BCUT2D eigenvalue weighted by molar-refractivity contribution is 8.01. The zero-order valence-corrected chi connectivity index (χ0v) is 20.2. The molecule has 4 rings (SSSR count). The van der Waals surface area contributed by atoms with Gasteiger partial charge in [0.15, 0.2) is 0 Å². The number of anilines is 1. The van der Waals surface area contributed by atoms with Crippen LogP contribution in [0.1, 0.15) is 18.4 Å². The molecule has 33 heavy (non-hydrogen) atoms. The normalized spacial score (nSPS) is 19.5. The van der Waals surface area contributed by atoms with Crippen molar-refractivity contribution in [3.63, 3.8) is 0 Å². The van der Waals surface area contributed by atoms with Crippen molar-refractivity contribution in [3.8, 4) is 0 Å². The van der Waals surface area contributed by atoms with Crippen LogP contribution in [0.15, 0.2) is 42.5 Å². The Balaban J connectivity index is 1.22. The lowest BCUT2D eigenvalue weighted by Crippen LogP contribution is -2.55. The number of carbonyl (C=O) groups excluding carboxylic acids is 2. The highest BCUT2D eigenvalue weighted by Gasteiger charge is 2.44. The number of nitrogens with one attached hydrogen (secondary N) is 3. The number of nitrogens with zero attached hydrogens (tertiary/aromatic N) is 1. The Labute approximate surface area is 206 Å². The van der Waals surface area contributed by atoms with Crippen molar-refractivity contribution in [1.82, 2.24) is 15.5 Å². The number of carbonyl (C=O) groups is 2. The minimum Gasteiger partial charge on any atom is -0.354 e. The number of amides is 3. The van der Waals surface area contributed by atoms with E-state index in [9.17, 15) is 14.0 Å². The van der Waals surface area contributed by atoms with Crippen molar-refractivity contribution in [1.29, 1.82) is 0 Å². The summed E-state index contributed by atoms with van der Waals surface area (Å²) < 4.78 is 13.3. The second-order valence-electron chi connectivity index (χ2n) is 8.21. The number of likely N-dealkylation sites (tertiary alicyclic amines) is 1. The molecule has 2 heterocycles. The minimum atomic E-state index is -0.391. The molecular weight excluding hydrogens is 486 g/mol. The third kappa shape index (κ3) is 6.12. The van der Waals surface area contributed by atoms with Crippen molar-refractivity contribution in [2.24, 2.45) is 0 Å². The number of benzene rings is 2. The van der Waals surface area contributed by atoms with Crippen molar-refractivity contribution >= 4 is 52.6 Å². The summed E-state index contributed by atoms with van der Waals surface area (Å²) in [5.74, 6) is 0.261. The van der Waals surface area contributed by atoms with Crippen LogP contribution in [0, 0.1) is 5.82 Å². The maximum Gasteiger partial charge on any atom is 0.321 e. The fraction of sp³-hybridized carbons (Fsp3) is 0.391. The van der Waals surface area contributed by atoms with E-state index in [-0.39, 0.29) is 22.9 Å². The van der Waals surface area contributed by atoms with E-state index >= 15 is 0 Å². The van der Waals surface area contributed by atoms with Crippen LogP contribution in [-0.4, -0.2) is 53.1 Å². The first-order valence-corrected chi connectivity index (χ1v) is 12.5. The molecule has 0 radical (unpaired) electrons. The summed E-state index contributed by atoms with van der Waals surface area (Å²) in [6.07, 6.45) is 2.10. The monoisotopic (exact) mass is 510 g/mol. The maximum atomic E-state index is 13.3. The van der Waals surface area contributed by atoms with Gasteiger partial charge in [-0.2, -0.15) is 0 Å². The molecule has 1 atom stereocenters. The number of urea groups is 1. The first-order chi connectivity index (χ1) is 15.8. The molecule has 3 amide bonds. The summed E-state index contributed by atoms with van der Waals surface area (Å²) in [5.41, 5.74) is 1.38. The molecule has 2 fully saturated rings. The summed E-state index contributed by atoms with van der Waals surface area (Å²) in [5, 5.41) is 10.4. The third-order valence-electron chi connectivity index (χ3n) is 5.92. The van der Waals surface area contributed by atoms with E-state index in [0.717, 1.165) is 18.4 Å². The summed E-state index contributed by atoms with van der Waals surface area (Å²) in [6, 6.07) is 10.7. The van der Waals surface area contributed by atoms with Gasteiger partial charge in [0.05, 0.1) is 10.9 Å². The Hall–Kier alpha value is -2.00. The highest BCUT2D eigenvalue weighted by atomic mass is 35.5. The molecule has 2 aromatic rings. The molecule has 10 heteroatoms. The van der Waals surface area contributed by atoms with Crippen LogP contribution in [0.25, 0.3) is 0 Å². The summed E-state index contributed by atoms with van der Waals surface area (Å²) in [7, 11) is 0. The fourth-order valence-electron chi connectivity index (χ4n) is 4.08. The molecule has 1 spiro atoms. The van der Waals surface area contributed by atoms with E-state index in [0.29, 0.717) is 47.5 Å². The Morgan fingerprint density at radius 3 is 2.70 bits per heavy atom. The largest absolute Gasteiger partial charge is 0.354 e. The van der Waals surface area contributed by atoms with Crippen molar-refractivity contribution in [2.75, 3.05) is 30.7 Å². The SMILES string of the molecule is O=C(NCCc1ccc(Cl)cc1Cl)C1CSC2(CCN(C(=O)Nc3cccc(F)c3)CC2)N1. The number of thioether (sulfide) groups is 1. The van der Waals surface area contributed by atoms with E-state index in [1.807, 2.05) is 6.07 Å². The maximum absolute atomic E-state index is 13.3. The average Bonchev–Trinajstić information content (AvgIpc) is 3.19. The van der Waals surface area contributed by atoms with Crippen LogP contribution in [-0.2, 0) is 11.2 Å². The van der Waals surface area contributed by atoms with E-state index in [2.05, 4.69) is 16.0 Å². The second kappa shape index (κ2) is 10.5. The van der Waals surface area contributed by atoms with E-state index in [4.69, 9.17) is 23.2 Å². The summed E-state index contributed by atoms with van der Waals surface area (Å²) in [6.45, 7) is 1.61. The van der Waals surface area contributed by atoms with Gasteiger partial charge in [-0.15, -0.1) is 11.8 Å². The molecule has 6 nitrogen and oxygen atoms in total. The number of piperidine rings is 1. The zero-order valence-electron chi connectivity index (χ0n) is 17.9. The van der Waals surface area contributed by atoms with Gasteiger partial charge in [-0.1, -0.05) is 35.3 Å². The number of hydrogen-bond donors (Lipinski definition) is 3. The Bertz CT molecular complexity index is 1030. The molecule has 176 valence electrons. The molecule has 2 saturated heterocycles. The van der Waals surface area contributed by atoms with Gasteiger partial charge in [0.2, 0.25) is 5.91 Å². The molecule has 1 unspecified atom stereocenters. The lowest BCUT2D eigenvalue weighted by atomic mass is 10.0. The van der Waals surface area contributed by atoms with E-state index in [1.54, 1.807) is 40.9 Å². The van der Waals surface area contributed by atoms with Gasteiger partial charge in [-0.3, -0.25) is 10.1 Å². The van der Waals surface area contributed by atoms with Crippen molar-refractivity contribution in [2.45, 2.75) is 30.2 Å². The first-order valence-electron chi connectivity index (χ1n) is 10.8. The van der Waals surface area contributed by atoms with Crippen LogP contribution < -0.4 is 16.0 Å². The van der Waals surface area contributed by atoms with Gasteiger partial charge >= 0.3 is 6.03 Å². The fourth-order valence-corrected chi connectivity index (χ4v) is 6.00. The standard InChI is InChI=1S/C23H25Cl2FN4O2S/c24-16-5-4-15(19(25)12-16)6-9-27-21(31)20-14-33-23(29-20)7-10-30(11-8-23)22(32)28-18-3-1-2-17(26)13-18/h1-5,12-13,20,29H,6-11,14H2,(H,27,31)(H,28,32). The van der Waals surface area contributed by atoms with Gasteiger partial charge in [-0.25, -0.2) is 9.18 Å². The zero-order chi connectivity index (χ0) is 23.4. The first kappa shape index (κ1) is 24.1. The quantitative estimate of drug-likeness (QED) is 0.552. The van der Waals surface area contributed by atoms with Crippen LogP contribution >= 0.6 is 35.0 Å². The van der Waals surface area contributed by atoms with Crippen molar-refractivity contribution in [3.05, 3.63) is 63.9 Å². The van der Waals surface area contributed by atoms with Gasteiger partial charge in [-0.05, 0) is 55.2 Å². The van der Waals surface area contributed by atoms with E-state index < -0.39 is 5.82 Å². The predicted molar refractivity (Wildman–Crippen MR) is 132 cm³/mol. The van der Waals surface area contributed by atoms with E-state index in [1.165, 1.54) is 12.1 Å². The molecule has 0 bridgehead atoms. The number of halogens is 3. The third-order valence-corrected chi connectivity index (χ3v) is 8.09. The van der Waals surface area contributed by atoms with Crippen LogP contribution in [0.4, 0.5) is 14.9 Å². The molecule has 2 aromatic carbocycles.